The van der Waals surface area contributed by atoms with E-state index in [4.69, 9.17) is 0 Å². The van der Waals surface area contributed by atoms with Gasteiger partial charge in [0.15, 0.2) is 0 Å². The van der Waals surface area contributed by atoms with Crippen molar-refractivity contribution in [3.8, 4) is 0 Å². The Balaban J connectivity index is 1.41. The summed E-state index contributed by atoms with van der Waals surface area (Å²) in [6, 6.07) is 3.79. The first-order valence-electron chi connectivity index (χ1n) is 9.75. The highest BCUT2D eigenvalue weighted by atomic mass is 16.2. The summed E-state index contributed by atoms with van der Waals surface area (Å²) in [5, 5.41) is 2.98. The molecule has 0 aromatic carbocycles. The van der Waals surface area contributed by atoms with Gasteiger partial charge in [0.2, 0.25) is 17.7 Å². The number of carbonyl (C=O) groups is 3. The van der Waals surface area contributed by atoms with Gasteiger partial charge in [0, 0.05) is 63.9 Å². The van der Waals surface area contributed by atoms with Crippen molar-refractivity contribution >= 4 is 17.7 Å². The number of piperazine rings is 1. The maximum absolute atomic E-state index is 12.7. The predicted molar refractivity (Wildman–Crippen MR) is 100 cm³/mol. The number of hydrogen-bond acceptors (Lipinski definition) is 4. The molecular formula is C20H28N4O3. The number of rotatable bonds is 4. The van der Waals surface area contributed by atoms with Gasteiger partial charge in [0.25, 0.3) is 0 Å². The quantitative estimate of drug-likeness (QED) is 0.861. The van der Waals surface area contributed by atoms with Gasteiger partial charge in [-0.15, -0.1) is 0 Å². The molecule has 0 bridgehead atoms. The Morgan fingerprint density at radius 2 is 1.67 bits per heavy atom. The number of carbonyl (C=O) groups excluding carboxylic acids is 3. The Morgan fingerprint density at radius 3 is 2.26 bits per heavy atom. The fraction of sp³-hybridized carbons (Fsp3) is 0.600. The second kappa shape index (κ2) is 8.97. The topological polar surface area (TPSA) is 82.6 Å². The van der Waals surface area contributed by atoms with Crippen LogP contribution in [0.5, 0.6) is 0 Å². The highest BCUT2D eigenvalue weighted by molar-refractivity contribution is 5.81. The molecule has 1 aliphatic heterocycles. The van der Waals surface area contributed by atoms with Crippen LogP contribution in [-0.4, -0.2) is 58.7 Å². The molecule has 2 fully saturated rings. The summed E-state index contributed by atoms with van der Waals surface area (Å²) >= 11 is 0. The zero-order valence-corrected chi connectivity index (χ0v) is 15.9. The van der Waals surface area contributed by atoms with Gasteiger partial charge in [0.05, 0.1) is 0 Å². The molecular weight excluding hydrogens is 344 g/mol. The van der Waals surface area contributed by atoms with Gasteiger partial charge in [-0.05, 0) is 37.3 Å². The zero-order valence-electron chi connectivity index (χ0n) is 15.9. The average molecular weight is 372 g/mol. The SMILES string of the molecule is CC(=O)N1CCN(C(=O)C2CCC(C(=O)NCc3cccnc3)CC2)CC1. The van der Waals surface area contributed by atoms with E-state index in [1.165, 1.54) is 0 Å². The Bertz CT molecular complexity index is 663. The van der Waals surface area contributed by atoms with E-state index in [1.54, 1.807) is 24.2 Å². The lowest BCUT2D eigenvalue weighted by atomic mass is 9.80. The second-order valence-corrected chi connectivity index (χ2v) is 7.46. The largest absolute Gasteiger partial charge is 0.352 e. The summed E-state index contributed by atoms with van der Waals surface area (Å²) in [5.41, 5.74) is 0.986. The molecule has 1 aromatic rings. The molecule has 1 aromatic heterocycles. The third-order valence-electron chi connectivity index (χ3n) is 5.67. The zero-order chi connectivity index (χ0) is 19.2. The molecule has 3 amide bonds. The van der Waals surface area contributed by atoms with Crippen LogP contribution in [0.1, 0.15) is 38.2 Å². The third-order valence-corrected chi connectivity index (χ3v) is 5.67. The van der Waals surface area contributed by atoms with Crippen LogP contribution in [0.3, 0.4) is 0 Å². The van der Waals surface area contributed by atoms with E-state index >= 15 is 0 Å². The Hall–Kier alpha value is -2.44. The van der Waals surface area contributed by atoms with Crippen molar-refractivity contribution < 1.29 is 14.4 Å². The smallest absolute Gasteiger partial charge is 0.225 e. The number of aromatic nitrogens is 1. The van der Waals surface area contributed by atoms with Crippen molar-refractivity contribution in [3.05, 3.63) is 30.1 Å². The molecule has 7 heteroatoms. The van der Waals surface area contributed by atoms with E-state index in [9.17, 15) is 14.4 Å². The summed E-state index contributed by atoms with van der Waals surface area (Å²) in [7, 11) is 0. The lowest BCUT2D eigenvalue weighted by Crippen LogP contribution is -2.51. The second-order valence-electron chi connectivity index (χ2n) is 7.46. The molecule has 146 valence electrons. The minimum Gasteiger partial charge on any atom is -0.352 e. The van der Waals surface area contributed by atoms with Crippen LogP contribution in [-0.2, 0) is 20.9 Å². The van der Waals surface area contributed by atoms with Gasteiger partial charge >= 0.3 is 0 Å². The van der Waals surface area contributed by atoms with Crippen molar-refractivity contribution in [2.24, 2.45) is 11.8 Å². The van der Waals surface area contributed by atoms with Crippen molar-refractivity contribution in [2.75, 3.05) is 26.2 Å². The van der Waals surface area contributed by atoms with E-state index in [0.29, 0.717) is 32.7 Å². The number of nitrogens with one attached hydrogen (secondary N) is 1. The number of amides is 3. The Labute approximate surface area is 160 Å². The number of hydrogen-bond donors (Lipinski definition) is 1. The fourth-order valence-electron chi connectivity index (χ4n) is 3.94. The summed E-state index contributed by atoms with van der Waals surface area (Å²) in [6.45, 7) is 4.53. The van der Waals surface area contributed by atoms with Crippen LogP contribution < -0.4 is 5.32 Å². The van der Waals surface area contributed by atoms with E-state index in [-0.39, 0.29) is 29.6 Å². The van der Waals surface area contributed by atoms with Crippen LogP contribution in [0.15, 0.2) is 24.5 Å². The minimum absolute atomic E-state index is 0.0104. The minimum atomic E-state index is -0.0136. The van der Waals surface area contributed by atoms with Gasteiger partial charge < -0.3 is 15.1 Å². The molecule has 0 radical (unpaired) electrons. The van der Waals surface area contributed by atoms with Crippen LogP contribution in [0.2, 0.25) is 0 Å². The van der Waals surface area contributed by atoms with Crippen molar-refractivity contribution in [2.45, 2.75) is 39.2 Å². The van der Waals surface area contributed by atoms with Gasteiger partial charge in [-0.25, -0.2) is 0 Å². The van der Waals surface area contributed by atoms with E-state index in [0.717, 1.165) is 31.2 Å². The summed E-state index contributed by atoms with van der Waals surface area (Å²) in [6.07, 6.45) is 6.49. The molecule has 0 spiro atoms. The molecule has 2 heterocycles. The van der Waals surface area contributed by atoms with Gasteiger partial charge in [-0.2, -0.15) is 0 Å². The third kappa shape index (κ3) is 5.05. The summed E-state index contributed by atoms with van der Waals surface area (Å²) < 4.78 is 0. The first kappa shape index (κ1) is 19.3. The predicted octanol–water partition coefficient (Wildman–Crippen LogP) is 1.19. The monoisotopic (exact) mass is 372 g/mol. The molecule has 2 aliphatic rings. The normalized spacial score (nSPS) is 23.0. The molecule has 0 atom stereocenters. The molecule has 1 aliphatic carbocycles. The molecule has 1 saturated carbocycles. The van der Waals surface area contributed by atoms with Crippen LogP contribution >= 0.6 is 0 Å². The van der Waals surface area contributed by atoms with Crippen molar-refractivity contribution in [1.29, 1.82) is 0 Å². The number of pyridine rings is 1. The van der Waals surface area contributed by atoms with Gasteiger partial charge in [-0.3, -0.25) is 19.4 Å². The van der Waals surface area contributed by atoms with Crippen LogP contribution in [0.4, 0.5) is 0 Å². The highest BCUT2D eigenvalue weighted by Crippen LogP contribution is 2.30. The average Bonchev–Trinajstić information content (AvgIpc) is 2.72. The van der Waals surface area contributed by atoms with Gasteiger partial charge in [-0.1, -0.05) is 6.07 Å². The van der Waals surface area contributed by atoms with Crippen molar-refractivity contribution in [1.82, 2.24) is 20.1 Å². The summed E-state index contributed by atoms with van der Waals surface area (Å²) in [5.74, 6) is 0.323. The maximum Gasteiger partial charge on any atom is 0.225 e. The Morgan fingerprint density at radius 1 is 1.04 bits per heavy atom. The lowest BCUT2D eigenvalue weighted by molar-refractivity contribution is -0.143. The van der Waals surface area contributed by atoms with E-state index in [2.05, 4.69) is 10.3 Å². The van der Waals surface area contributed by atoms with Crippen LogP contribution in [0.25, 0.3) is 0 Å². The first-order valence-corrected chi connectivity index (χ1v) is 9.75. The molecule has 27 heavy (non-hydrogen) atoms. The van der Waals surface area contributed by atoms with E-state index in [1.807, 2.05) is 17.0 Å². The lowest BCUT2D eigenvalue weighted by Gasteiger charge is -2.37. The fourth-order valence-corrected chi connectivity index (χ4v) is 3.94. The molecule has 1 saturated heterocycles. The van der Waals surface area contributed by atoms with Gasteiger partial charge in [0.1, 0.15) is 0 Å². The Kier molecular flexibility index (Phi) is 6.42. The van der Waals surface area contributed by atoms with Crippen molar-refractivity contribution in [3.63, 3.8) is 0 Å². The maximum atomic E-state index is 12.7. The van der Waals surface area contributed by atoms with E-state index < -0.39 is 0 Å². The molecule has 0 unspecified atom stereocenters. The molecule has 7 nitrogen and oxygen atoms in total. The first-order chi connectivity index (χ1) is 13.0. The summed E-state index contributed by atoms with van der Waals surface area (Å²) in [4.78, 5) is 44.2. The number of nitrogens with zero attached hydrogens (tertiary/aromatic N) is 3. The standard InChI is InChI=1S/C20H28N4O3/c1-15(25)23-9-11-24(12-10-23)20(27)18-6-4-17(5-7-18)19(26)22-14-16-3-2-8-21-13-16/h2-3,8,13,17-18H,4-7,9-12,14H2,1H3,(H,22,26). The highest BCUT2D eigenvalue weighted by Gasteiger charge is 2.33. The molecule has 1 N–H and O–H groups in total. The van der Waals surface area contributed by atoms with Crippen LogP contribution in [0, 0.1) is 11.8 Å². The molecule has 3 rings (SSSR count).